The average Bonchev–Trinajstić information content (AvgIpc) is 3.13. The molecule has 0 radical (unpaired) electrons. The molecule has 3 aliphatic rings. The van der Waals surface area contributed by atoms with E-state index in [2.05, 4.69) is 57.5 Å². The van der Waals surface area contributed by atoms with Crippen LogP contribution in [0.5, 0.6) is 0 Å². The average molecular weight is 552 g/mol. The lowest BCUT2D eigenvalue weighted by Gasteiger charge is -2.30. The number of carbonyl (C=O) groups is 3. The van der Waals surface area contributed by atoms with Crippen LogP contribution in [0.2, 0.25) is 0 Å². The second kappa shape index (κ2) is 10.3. The fraction of sp³-hybridized carbons (Fsp3) is 0.900. The van der Waals surface area contributed by atoms with Crippen molar-refractivity contribution >= 4 is 17.9 Å². The van der Waals surface area contributed by atoms with Crippen LogP contribution in [0.4, 0.5) is 0 Å². The summed E-state index contributed by atoms with van der Waals surface area (Å²) < 4.78 is 17.7. The van der Waals surface area contributed by atoms with Gasteiger partial charge >= 0.3 is 17.9 Å². The smallest absolute Gasteiger partial charge is 0.320 e. The SMILES string of the molecule is CC1(C)CC(OC(=O)CCC(C(=O)OC2CC(C)(C)NC2(C)C)C(=O)OC2CC(C)(C)NC2(C)C)C(C)(C)N1. The van der Waals surface area contributed by atoms with E-state index in [-0.39, 0.29) is 41.1 Å². The van der Waals surface area contributed by atoms with Gasteiger partial charge in [-0.3, -0.25) is 14.4 Å². The zero-order valence-electron chi connectivity index (χ0n) is 26.3. The molecule has 3 saturated heterocycles. The Morgan fingerprint density at radius 1 is 0.590 bits per heavy atom. The van der Waals surface area contributed by atoms with Gasteiger partial charge in [0.25, 0.3) is 0 Å². The molecule has 9 heteroatoms. The predicted octanol–water partition coefficient (Wildman–Crippen LogP) is 3.77. The van der Waals surface area contributed by atoms with Gasteiger partial charge in [-0.2, -0.15) is 0 Å². The van der Waals surface area contributed by atoms with E-state index in [1.807, 2.05) is 41.5 Å². The Morgan fingerprint density at radius 2 is 0.897 bits per heavy atom. The van der Waals surface area contributed by atoms with E-state index in [4.69, 9.17) is 14.2 Å². The largest absolute Gasteiger partial charge is 0.460 e. The van der Waals surface area contributed by atoms with Gasteiger partial charge in [0.2, 0.25) is 0 Å². The summed E-state index contributed by atoms with van der Waals surface area (Å²) in [6, 6.07) is 0. The minimum absolute atomic E-state index is 0.0333. The highest BCUT2D eigenvalue weighted by molar-refractivity contribution is 5.95. The molecule has 3 N–H and O–H groups in total. The number of carbonyl (C=O) groups excluding carboxylic acids is 3. The number of ether oxygens (including phenoxy) is 3. The highest BCUT2D eigenvalue weighted by Gasteiger charge is 2.50. The number of hydrogen-bond acceptors (Lipinski definition) is 9. The molecule has 3 atom stereocenters. The van der Waals surface area contributed by atoms with Gasteiger partial charge in [0.1, 0.15) is 18.3 Å². The molecule has 224 valence electrons. The predicted molar refractivity (Wildman–Crippen MR) is 150 cm³/mol. The quantitative estimate of drug-likeness (QED) is 0.236. The highest BCUT2D eigenvalue weighted by Crippen LogP contribution is 2.36. The fourth-order valence-corrected chi connectivity index (χ4v) is 6.99. The molecule has 0 aromatic carbocycles. The van der Waals surface area contributed by atoms with Crippen molar-refractivity contribution < 1.29 is 28.6 Å². The second-order valence-electron chi connectivity index (χ2n) is 15.7. The number of esters is 3. The summed E-state index contributed by atoms with van der Waals surface area (Å²) in [5, 5.41) is 10.5. The Balaban J connectivity index is 1.73. The first kappa shape index (κ1) is 31.8. The summed E-state index contributed by atoms with van der Waals surface area (Å²) in [6.45, 7) is 24.3. The summed E-state index contributed by atoms with van der Waals surface area (Å²) >= 11 is 0. The van der Waals surface area contributed by atoms with Crippen molar-refractivity contribution in [1.82, 2.24) is 16.0 Å². The van der Waals surface area contributed by atoms with Crippen LogP contribution in [-0.2, 0) is 28.6 Å². The minimum atomic E-state index is -1.22. The Labute approximate surface area is 235 Å². The van der Waals surface area contributed by atoms with Crippen molar-refractivity contribution in [2.75, 3.05) is 0 Å². The number of hydrogen-bond donors (Lipinski definition) is 3. The molecule has 3 heterocycles. The molecule has 0 aromatic rings. The Hall–Kier alpha value is -1.71. The van der Waals surface area contributed by atoms with Crippen molar-refractivity contribution in [2.45, 2.75) is 167 Å². The Morgan fingerprint density at radius 3 is 1.18 bits per heavy atom. The Kier molecular flexibility index (Phi) is 8.39. The van der Waals surface area contributed by atoms with E-state index in [0.29, 0.717) is 19.3 Å². The van der Waals surface area contributed by atoms with Gasteiger partial charge in [0, 0.05) is 42.3 Å². The molecule has 0 aliphatic carbocycles. The summed E-state index contributed by atoms with van der Waals surface area (Å²) in [4.78, 5) is 40.0. The maximum atomic E-state index is 13.5. The number of rotatable bonds is 8. The molecule has 0 aromatic heterocycles. The van der Waals surface area contributed by atoms with E-state index in [1.54, 1.807) is 0 Å². The van der Waals surface area contributed by atoms with Crippen LogP contribution in [-0.4, -0.2) is 69.5 Å². The lowest BCUT2D eigenvalue weighted by Crippen LogP contribution is -2.49. The van der Waals surface area contributed by atoms with E-state index in [0.717, 1.165) is 0 Å². The van der Waals surface area contributed by atoms with Gasteiger partial charge in [0.15, 0.2) is 5.92 Å². The third-order valence-corrected chi connectivity index (χ3v) is 8.48. The fourth-order valence-electron chi connectivity index (χ4n) is 6.99. The topological polar surface area (TPSA) is 115 Å². The van der Waals surface area contributed by atoms with Crippen LogP contribution in [0.1, 0.15) is 115 Å². The third kappa shape index (κ3) is 7.73. The maximum Gasteiger partial charge on any atom is 0.320 e. The lowest BCUT2D eigenvalue weighted by molar-refractivity contribution is -0.171. The monoisotopic (exact) mass is 551 g/mol. The number of nitrogens with one attached hydrogen (secondary N) is 3. The summed E-state index contributed by atoms with van der Waals surface area (Å²) in [6.07, 6.45) is 0.643. The van der Waals surface area contributed by atoms with Gasteiger partial charge < -0.3 is 30.2 Å². The van der Waals surface area contributed by atoms with E-state index in [9.17, 15) is 14.4 Å². The molecular weight excluding hydrogens is 498 g/mol. The third-order valence-electron chi connectivity index (χ3n) is 8.48. The summed E-state index contributed by atoms with van der Waals surface area (Å²) in [5.74, 6) is -2.97. The summed E-state index contributed by atoms with van der Waals surface area (Å²) in [5.41, 5.74) is -1.87. The van der Waals surface area contributed by atoms with Crippen molar-refractivity contribution in [2.24, 2.45) is 5.92 Å². The molecule has 3 aliphatic heterocycles. The molecule has 0 amide bonds. The molecule has 39 heavy (non-hydrogen) atoms. The zero-order chi connectivity index (χ0) is 29.8. The first-order chi connectivity index (χ1) is 17.4. The summed E-state index contributed by atoms with van der Waals surface area (Å²) in [7, 11) is 0. The van der Waals surface area contributed by atoms with E-state index in [1.165, 1.54) is 0 Å². The van der Waals surface area contributed by atoms with Gasteiger partial charge in [0.05, 0.1) is 16.6 Å². The minimum Gasteiger partial charge on any atom is -0.460 e. The molecule has 0 spiro atoms. The van der Waals surface area contributed by atoms with Crippen molar-refractivity contribution in [3.05, 3.63) is 0 Å². The zero-order valence-corrected chi connectivity index (χ0v) is 26.3. The van der Waals surface area contributed by atoms with Gasteiger partial charge in [-0.1, -0.05) is 0 Å². The Bertz CT molecular complexity index is 918. The van der Waals surface area contributed by atoms with Gasteiger partial charge in [-0.25, -0.2) is 0 Å². The lowest BCUT2D eigenvalue weighted by atomic mass is 9.95. The molecule has 0 saturated carbocycles. The van der Waals surface area contributed by atoms with Crippen molar-refractivity contribution in [1.29, 1.82) is 0 Å². The van der Waals surface area contributed by atoms with Crippen LogP contribution in [0.15, 0.2) is 0 Å². The standard InChI is InChI=1S/C30H53N3O6/c1-25(2)15-19(28(7,8)31-25)37-22(34)14-13-18(23(35)38-20-16-26(3,4)32-29(20,9)10)24(36)39-21-17-27(5,6)33-30(21,11)12/h18-21,31-33H,13-17H2,1-12H3. The molecule has 3 unspecified atom stereocenters. The second-order valence-corrected chi connectivity index (χ2v) is 15.7. The van der Waals surface area contributed by atoms with E-state index >= 15 is 0 Å². The molecular formula is C30H53N3O6. The first-order valence-electron chi connectivity index (χ1n) is 14.4. The van der Waals surface area contributed by atoms with Crippen LogP contribution >= 0.6 is 0 Å². The van der Waals surface area contributed by atoms with Gasteiger partial charge in [-0.05, 0) is 89.5 Å². The van der Waals surface area contributed by atoms with Gasteiger partial charge in [-0.15, -0.1) is 0 Å². The molecule has 3 fully saturated rings. The van der Waals surface area contributed by atoms with E-state index < -0.39 is 47.1 Å². The van der Waals surface area contributed by atoms with Crippen LogP contribution in [0, 0.1) is 5.92 Å². The van der Waals surface area contributed by atoms with Crippen LogP contribution in [0.25, 0.3) is 0 Å². The normalized spacial score (nSPS) is 31.8. The molecule has 0 bridgehead atoms. The van der Waals surface area contributed by atoms with Crippen LogP contribution in [0.3, 0.4) is 0 Å². The van der Waals surface area contributed by atoms with Crippen LogP contribution < -0.4 is 16.0 Å². The maximum absolute atomic E-state index is 13.5. The molecule has 3 rings (SSSR count). The van der Waals surface area contributed by atoms with Crippen molar-refractivity contribution in [3.8, 4) is 0 Å². The highest BCUT2D eigenvalue weighted by atomic mass is 16.6. The first-order valence-corrected chi connectivity index (χ1v) is 14.4. The van der Waals surface area contributed by atoms with Crippen molar-refractivity contribution in [3.63, 3.8) is 0 Å². The molecule has 9 nitrogen and oxygen atoms in total.